The van der Waals surface area contributed by atoms with Gasteiger partial charge in [0.25, 0.3) is 0 Å². The zero-order chi connectivity index (χ0) is 14.5. The van der Waals surface area contributed by atoms with E-state index in [1.807, 2.05) is 0 Å². The van der Waals surface area contributed by atoms with E-state index in [2.05, 4.69) is 0 Å². The smallest absolute Gasteiger partial charge is 0.132 e. The Labute approximate surface area is 114 Å². The first-order valence-electron chi connectivity index (χ1n) is 6.07. The molecule has 0 aromatic rings. The van der Waals surface area contributed by atoms with Crippen LogP contribution < -0.4 is 10.6 Å². The molecule has 2 N–H and O–H groups in total. The van der Waals surface area contributed by atoms with Crippen LogP contribution in [0.2, 0.25) is 0 Å². The second kappa shape index (κ2) is 7.74. The molecule has 0 aliphatic carbocycles. The van der Waals surface area contributed by atoms with Crippen molar-refractivity contribution in [3.63, 3.8) is 0 Å². The lowest BCUT2D eigenvalue weighted by atomic mass is 9.93. The Morgan fingerprint density at radius 2 is 2.16 bits per heavy atom. The van der Waals surface area contributed by atoms with E-state index in [9.17, 15) is 9.46 Å². The van der Waals surface area contributed by atoms with Gasteiger partial charge < -0.3 is 33.9 Å². The number of nitrogens with two attached hydrogens (primary N) is 1. The molecule has 2 unspecified atom stereocenters. The summed E-state index contributed by atoms with van der Waals surface area (Å²) >= 11 is 0. The fraction of sp³-hybridized carbons (Fsp3) is 1.00. The molecule has 1 saturated heterocycles. The normalized spacial score (nSPS) is 34.3. The maximum Gasteiger partial charge on any atom is 0.132 e. The van der Waals surface area contributed by atoms with Gasteiger partial charge in [0.15, 0.2) is 0 Å². The molecular weight excluding hydrogens is 272 g/mol. The van der Waals surface area contributed by atoms with Crippen molar-refractivity contribution in [1.29, 1.82) is 0 Å². The minimum absolute atomic E-state index is 0.176. The minimum atomic E-state index is -3.92. The van der Waals surface area contributed by atoms with Crippen molar-refractivity contribution < 1.29 is 28.2 Å². The van der Waals surface area contributed by atoms with Gasteiger partial charge in [-0.2, -0.15) is 0 Å². The van der Waals surface area contributed by atoms with Crippen LogP contribution in [0.25, 0.3) is 0 Å². The van der Waals surface area contributed by atoms with Crippen LogP contribution in [0.4, 0.5) is 0 Å². The molecule has 110 valence electrons. The quantitative estimate of drug-likeness (QED) is 0.341. The summed E-state index contributed by atoms with van der Waals surface area (Å²) in [7, 11) is 3.34. The molecule has 0 spiro atoms. The maximum atomic E-state index is 11.3. The summed E-state index contributed by atoms with van der Waals surface area (Å²) in [4.78, 5) is 11.3. The van der Waals surface area contributed by atoms with E-state index >= 15 is 0 Å². The first-order chi connectivity index (χ1) is 8.89. The van der Waals surface area contributed by atoms with Gasteiger partial charge in [0.2, 0.25) is 0 Å². The van der Waals surface area contributed by atoms with Crippen LogP contribution in [0.1, 0.15) is 6.42 Å². The monoisotopic (exact) mass is 292 g/mol. The summed E-state index contributed by atoms with van der Waals surface area (Å²) in [5.74, 6) is 0. The van der Waals surface area contributed by atoms with Crippen molar-refractivity contribution in [3.05, 3.63) is 0 Å². The highest BCUT2D eigenvalue weighted by Crippen LogP contribution is 2.39. The van der Waals surface area contributed by atoms with Gasteiger partial charge in [-0.05, 0) is 13.0 Å². The Balaban J connectivity index is 2.70. The van der Waals surface area contributed by atoms with Crippen molar-refractivity contribution in [1.82, 2.24) is 0 Å². The molecule has 19 heavy (non-hydrogen) atoms. The van der Waals surface area contributed by atoms with E-state index in [4.69, 9.17) is 32.3 Å². The Hall–Kier alpha value is 0.0549. The highest BCUT2D eigenvalue weighted by molar-refractivity contribution is 7.50. The van der Waals surface area contributed by atoms with Crippen LogP contribution in [0.3, 0.4) is 0 Å². The van der Waals surface area contributed by atoms with Crippen molar-refractivity contribution in [2.24, 2.45) is 5.73 Å². The van der Waals surface area contributed by atoms with Crippen LogP contribution in [-0.4, -0.2) is 65.7 Å². The molecule has 0 aromatic heterocycles. The number of methoxy groups -OCH3 is 1. The third kappa shape index (κ3) is 5.51. The highest BCUT2D eigenvalue weighted by atomic mass is 31.2. The van der Waals surface area contributed by atoms with Gasteiger partial charge in [-0.15, -0.1) is 0 Å². The van der Waals surface area contributed by atoms with Crippen LogP contribution >= 0.6 is 7.60 Å². The van der Waals surface area contributed by atoms with E-state index in [0.717, 1.165) is 6.66 Å². The summed E-state index contributed by atoms with van der Waals surface area (Å²) in [6, 6.07) is -0.755. The van der Waals surface area contributed by atoms with Crippen LogP contribution in [0.15, 0.2) is 0 Å². The van der Waals surface area contributed by atoms with Gasteiger partial charge in [-0.3, -0.25) is 0 Å². The first-order valence-corrected chi connectivity index (χ1v) is 8.06. The average Bonchev–Trinajstić information content (AvgIpc) is 2.56. The van der Waals surface area contributed by atoms with Gasteiger partial charge in [0.05, 0.1) is 6.61 Å². The number of hydrogen-bond acceptors (Lipinski definition) is 7. The second-order valence-corrected chi connectivity index (χ2v) is 6.17. The number of ether oxygens (including phenoxy) is 3. The van der Waals surface area contributed by atoms with E-state index in [0.29, 0.717) is 19.6 Å². The standard InChI is InChI=1S/C10H21BNO6P/c1-15-6-7-8(18-19(2,13)14)9(10(11)17-7)16-5-3-4-12/h7-10H,3-6,12H2,1-2H3,(H,13,14)/p-1/t7-,8+,9?,10-/m1/s1. The van der Waals surface area contributed by atoms with Crippen molar-refractivity contribution in [2.75, 3.05) is 33.5 Å². The molecule has 0 amide bonds. The van der Waals surface area contributed by atoms with Crippen LogP contribution in [0, 0.1) is 0 Å². The summed E-state index contributed by atoms with van der Waals surface area (Å²) in [5.41, 5.74) is 5.37. The third-order valence-electron chi connectivity index (χ3n) is 2.65. The fourth-order valence-corrected chi connectivity index (χ4v) is 2.59. The van der Waals surface area contributed by atoms with Crippen molar-refractivity contribution >= 4 is 15.4 Å². The molecule has 7 nitrogen and oxygen atoms in total. The first kappa shape index (κ1) is 17.1. The van der Waals surface area contributed by atoms with Gasteiger partial charge in [-0.25, -0.2) is 0 Å². The maximum absolute atomic E-state index is 11.3. The lowest BCUT2D eigenvalue weighted by Gasteiger charge is -2.29. The number of rotatable bonds is 8. The van der Waals surface area contributed by atoms with Crippen LogP contribution in [-0.2, 0) is 23.3 Å². The van der Waals surface area contributed by atoms with Crippen molar-refractivity contribution in [3.8, 4) is 0 Å². The number of hydrogen-bond donors (Lipinski definition) is 1. The molecule has 1 aliphatic heterocycles. The molecule has 1 fully saturated rings. The molecule has 1 heterocycles. The summed E-state index contributed by atoms with van der Waals surface area (Å²) in [6.07, 6.45) is -1.40. The highest BCUT2D eigenvalue weighted by Gasteiger charge is 2.44. The van der Waals surface area contributed by atoms with E-state index < -0.39 is 31.9 Å². The predicted octanol–water partition coefficient (Wildman–Crippen LogP) is -1.17. The molecule has 0 aromatic carbocycles. The van der Waals surface area contributed by atoms with Gasteiger partial charge in [0, 0.05) is 26.4 Å². The largest absolute Gasteiger partial charge is 0.779 e. The predicted molar refractivity (Wildman–Crippen MR) is 68.1 cm³/mol. The zero-order valence-electron chi connectivity index (χ0n) is 11.2. The van der Waals surface area contributed by atoms with E-state index in [-0.39, 0.29) is 6.61 Å². The van der Waals surface area contributed by atoms with Crippen LogP contribution in [0.5, 0.6) is 0 Å². The van der Waals surface area contributed by atoms with E-state index in [1.165, 1.54) is 7.11 Å². The second-order valence-electron chi connectivity index (χ2n) is 4.41. The minimum Gasteiger partial charge on any atom is -0.779 e. The van der Waals surface area contributed by atoms with Gasteiger partial charge in [0.1, 0.15) is 33.8 Å². The topological polar surface area (TPSA) is 103 Å². The Bertz CT molecular complexity index is 314. The third-order valence-corrected chi connectivity index (χ3v) is 3.28. The Morgan fingerprint density at radius 1 is 1.47 bits per heavy atom. The lowest BCUT2D eigenvalue weighted by Crippen LogP contribution is -2.39. The molecule has 9 heteroatoms. The molecule has 1 aliphatic rings. The van der Waals surface area contributed by atoms with E-state index in [1.54, 1.807) is 0 Å². The summed E-state index contributed by atoms with van der Waals surface area (Å²) in [6.45, 7) is 2.01. The fourth-order valence-electron chi connectivity index (χ4n) is 1.89. The Morgan fingerprint density at radius 3 is 2.68 bits per heavy atom. The van der Waals surface area contributed by atoms with Gasteiger partial charge >= 0.3 is 0 Å². The van der Waals surface area contributed by atoms with Crippen molar-refractivity contribution in [2.45, 2.75) is 30.7 Å². The molecule has 2 radical (unpaired) electrons. The lowest BCUT2D eigenvalue weighted by molar-refractivity contribution is -0.205. The zero-order valence-corrected chi connectivity index (χ0v) is 12.1. The summed E-state index contributed by atoms with van der Waals surface area (Å²) in [5, 5.41) is 0. The summed E-state index contributed by atoms with van der Waals surface area (Å²) < 4.78 is 32.2. The SMILES string of the molecule is [B][C@@H]1O[C@H](COC)[C@H](OP(C)(=O)[O-])C1OCCCN. The van der Waals surface area contributed by atoms with Gasteiger partial charge in [-0.1, -0.05) is 0 Å². The molecule has 0 bridgehead atoms. The average molecular weight is 292 g/mol. The molecular formula is C10H20BNO6P-. The molecule has 1 rings (SSSR count). The molecule has 0 saturated carbocycles. The Kier molecular flexibility index (Phi) is 6.97. The molecule has 5 atom stereocenters.